The Balaban J connectivity index is 2.81. The van der Waals surface area contributed by atoms with Crippen molar-refractivity contribution in [2.24, 2.45) is 0 Å². The lowest BCUT2D eigenvalue weighted by atomic mass is 9.87. The van der Waals surface area contributed by atoms with Crippen molar-refractivity contribution in [2.45, 2.75) is 33.6 Å². The van der Waals surface area contributed by atoms with E-state index in [1.807, 2.05) is 26.8 Å². The molecular formula is C19H19IO4. The third kappa shape index (κ3) is 3.95. The molecule has 0 aromatic heterocycles. The molecule has 0 bridgehead atoms. The summed E-state index contributed by atoms with van der Waals surface area (Å²) in [7, 11) is 0. The molecule has 0 aliphatic rings. The number of rotatable bonds is 5. The standard InChI is InChI=1S/C19H19IO4/c1-10-6-11(2)18(12(3)7-10)19-14(9-17(23)24)13(8-16(21)22)4-5-15(19)20/h4-7H,8-9H2,1-3H3,(H,21,22)(H,23,24). The van der Waals surface area contributed by atoms with Gasteiger partial charge in [-0.3, -0.25) is 9.59 Å². The SMILES string of the molecule is Cc1cc(C)c(-c2c(I)ccc(CC(=O)O)c2CC(=O)O)c(C)c1. The number of aryl methyl sites for hydroxylation is 3. The third-order valence-corrected chi connectivity index (χ3v) is 4.85. The molecule has 2 aromatic rings. The summed E-state index contributed by atoms with van der Waals surface area (Å²) in [5.41, 5.74) is 6.24. The lowest BCUT2D eigenvalue weighted by Gasteiger charge is -2.19. The minimum atomic E-state index is -0.967. The summed E-state index contributed by atoms with van der Waals surface area (Å²) in [6.07, 6.45) is -0.377. The number of benzene rings is 2. The van der Waals surface area contributed by atoms with Gasteiger partial charge in [-0.1, -0.05) is 23.8 Å². The summed E-state index contributed by atoms with van der Waals surface area (Å²) >= 11 is 2.19. The van der Waals surface area contributed by atoms with Crippen LogP contribution in [-0.4, -0.2) is 22.2 Å². The van der Waals surface area contributed by atoms with Crippen LogP contribution >= 0.6 is 22.6 Å². The van der Waals surface area contributed by atoms with Crippen molar-refractivity contribution < 1.29 is 19.8 Å². The maximum absolute atomic E-state index is 11.4. The first kappa shape index (κ1) is 18.4. The molecule has 0 saturated carbocycles. The molecule has 0 fully saturated rings. The van der Waals surface area contributed by atoms with Crippen molar-refractivity contribution in [1.82, 2.24) is 0 Å². The Hall–Kier alpha value is -1.89. The van der Waals surface area contributed by atoms with Crippen molar-refractivity contribution in [1.29, 1.82) is 0 Å². The molecule has 0 saturated heterocycles. The van der Waals surface area contributed by atoms with Crippen molar-refractivity contribution in [2.75, 3.05) is 0 Å². The van der Waals surface area contributed by atoms with Gasteiger partial charge in [0.1, 0.15) is 0 Å². The van der Waals surface area contributed by atoms with Gasteiger partial charge in [0.15, 0.2) is 0 Å². The molecule has 126 valence electrons. The minimum absolute atomic E-state index is 0.184. The van der Waals surface area contributed by atoms with E-state index in [9.17, 15) is 14.7 Å². The van der Waals surface area contributed by atoms with E-state index in [4.69, 9.17) is 5.11 Å². The van der Waals surface area contributed by atoms with E-state index < -0.39 is 11.9 Å². The van der Waals surface area contributed by atoms with Crippen LogP contribution in [0.25, 0.3) is 11.1 Å². The monoisotopic (exact) mass is 438 g/mol. The van der Waals surface area contributed by atoms with Crippen LogP contribution in [0.4, 0.5) is 0 Å². The van der Waals surface area contributed by atoms with E-state index in [0.717, 1.165) is 31.4 Å². The maximum Gasteiger partial charge on any atom is 0.307 e. The van der Waals surface area contributed by atoms with Gasteiger partial charge in [-0.25, -0.2) is 0 Å². The highest BCUT2D eigenvalue weighted by Gasteiger charge is 2.20. The second-order valence-corrected chi connectivity index (χ2v) is 7.14. The van der Waals surface area contributed by atoms with Gasteiger partial charge < -0.3 is 10.2 Å². The van der Waals surface area contributed by atoms with E-state index in [2.05, 4.69) is 34.7 Å². The van der Waals surface area contributed by atoms with Gasteiger partial charge in [-0.2, -0.15) is 0 Å². The summed E-state index contributed by atoms with van der Waals surface area (Å²) in [5, 5.41) is 18.5. The fraction of sp³-hybridized carbons (Fsp3) is 0.263. The highest BCUT2D eigenvalue weighted by atomic mass is 127. The zero-order chi connectivity index (χ0) is 18.0. The fourth-order valence-electron chi connectivity index (χ4n) is 3.19. The molecule has 2 N–H and O–H groups in total. The Morgan fingerprint density at radius 1 is 0.917 bits per heavy atom. The van der Waals surface area contributed by atoms with Crippen LogP contribution in [0.1, 0.15) is 27.8 Å². The normalized spacial score (nSPS) is 10.7. The molecule has 2 rings (SSSR count). The molecule has 0 amide bonds. The highest BCUT2D eigenvalue weighted by molar-refractivity contribution is 14.1. The van der Waals surface area contributed by atoms with Gasteiger partial charge in [0.25, 0.3) is 0 Å². The number of carboxylic acid groups (broad SMARTS) is 2. The van der Waals surface area contributed by atoms with Crippen molar-refractivity contribution in [3.63, 3.8) is 0 Å². The molecule has 0 heterocycles. The van der Waals surface area contributed by atoms with Crippen LogP contribution in [0.15, 0.2) is 24.3 Å². The fourth-order valence-corrected chi connectivity index (χ4v) is 3.96. The first-order valence-electron chi connectivity index (χ1n) is 7.52. The van der Waals surface area contributed by atoms with Crippen molar-refractivity contribution in [3.05, 3.63) is 55.7 Å². The van der Waals surface area contributed by atoms with Gasteiger partial charge in [0, 0.05) is 3.57 Å². The second-order valence-electron chi connectivity index (χ2n) is 5.97. The Kier molecular flexibility index (Phi) is 5.64. The van der Waals surface area contributed by atoms with Crippen molar-refractivity contribution in [3.8, 4) is 11.1 Å². The first-order valence-corrected chi connectivity index (χ1v) is 8.60. The maximum atomic E-state index is 11.4. The summed E-state index contributed by atoms with van der Waals surface area (Å²) < 4.78 is 0.924. The van der Waals surface area contributed by atoms with Crippen LogP contribution < -0.4 is 0 Å². The summed E-state index contributed by atoms with van der Waals surface area (Å²) in [5.74, 6) is -1.93. The largest absolute Gasteiger partial charge is 0.481 e. The molecule has 0 aliphatic heterocycles. The van der Waals surface area contributed by atoms with E-state index in [0.29, 0.717) is 11.1 Å². The molecule has 0 spiro atoms. The molecule has 4 nitrogen and oxygen atoms in total. The molecular weight excluding hydrogens is 419 g/mol. The van der Waals surface area contributed by atoms with Crippen molar-refractivity contribution >= 4 is 34.5 Å². The summed E-state index contributed by atoms with van der Waals surface area (Å²) in [4.78, 5) is 22.5. The predicted octanol–water partition coefficient (Wildman–Crippen LogP) is 4.14. The molecule has 0 unspecified atom stereocenters. The number of hydrogen-bond donors (Lipinski definition) is 2. The molecule has 0 aliphatic carbocycles. The average Bonchev–Trinajstić information content (AvgIpc) is 2.43. The van der Waals surface area contributed by atoms with Crippen LogP contribution in [0.3, 0.4) is 0 Å². The van der Waals surface area contributed by atoms with Crippen LogP contribution in [0, 0.1) is 24.3 Å². The number of carboxylic acids is 2. The molecule has 0 atom stereocenters. The topological polar surface area (TPSA) is 74.6 Å². The zero-order valence-corrected chi connectivity index (χ0v) is 16.0. The second kappa shape index (κ2) is 7.34. The van der Waals surface area contributed by atoms with Gasteiger partial charge >= 0.3 is 11.9 Å². The minimum Gasteiger partial charge on any atom is -0.481 e. The van der Waals surface area contributed by atoms with Crippen LogP contribution in [-0.2, 0) is 22.4 Å². The lowest BCUT2D eigenvalue weighted by Crippen LogP contribution is -2.11. The van der Waals surface area contributed by atoms with Gasteiger partial charge in [-0.05, 0) is 82.8 Å². The zero-order valence-electron chi connectivity index (χ0n) is 13.8. The van der Waals surface area contributed by atoms with E-state index in [1.165, 1.54) is 0 Å². The van der Waals surface area contributed by atoms with E-state index >= 15 is 0 Å². The smallest absolute Gasteiger partial charge is 0.307 e. The molecule has 0 radical (unpaired) electrons. The number of carbonyl (C=O) groups is 2. The lowest BCUT2D eigenvalue weighted by molar-refractivity contribution is -0.137. The first-order chi connectivity index (χ1) is 11.2. The summed E-state index contributed by atoms with van der Waals surface area (Å²) in [6, 6.07) is 7.70. The molecule has 24 heavy (non-hydrogen) atoms. The Morgan fingerprint density at radius 3 is 1.96 bits per heavy atom. The molecule has 5 heteroatoms. The summed E-state index contributed by atoms with van der Waals surface area (Å²) in [6.45, 7) is 6.02. The quantitative estimate of drug-likeness (QED) is 0.689. The Labute approximate surface area is 154 Å². The van der Waals surface area contributed by atoms with E-state index in [1.54, 1.807) is 6.07 Å². The number of aliphatic carboxylic acids is 2. The number of halogens is 1. The van der Waals surface area contributed by atoms with Crippen LogP contribution in [0.2, 0.25) is 0 Å². The Bertz CT molecular complexity index is 801. The van der Waals surface area contributed by atoms with Gasteiger partial charge in [-0.15, -0.1) is 0 Å². The third-order valence-electron chi connectivity index (χ3n) is 3.96. The average molecular weight is 438 g/mol. The number of hydrogen-bond acceptors (Lipinski definition) is 2. The highest BCUT2D eigenvalue weighted by Crippen LogP contribution is 2.36. The van der Waals surface area contributed by atoms with Crippen LogP contribution in [0.5, 0.6) is 0 Å². The molecule has 2 aromatic carbocycles. The predicted molar refractivity (Wildman–Crippen MR) is 101 cm³/mol. The Morgan fingerprint density at radius 2 is 1.46 bits per heavy atom. The van der Waals surface area contributed by atoms with Gasteiger partial charge in [0.05, 0.1) is 12.8 Å². The van der Waals surface area contributed by atoms with E-state index in [-0.39, 0.29) is 12.8 Å². The van der Waals surface area contributed by atoms with Gasteiger partial charge in [0.2, 0.25) is 0 Å².